The van der Waals surface area contributed by atoms with E-state index in [9.17, 15) is 23.2 Å². The van der Waals surface area contributed by atoms with Gasteiger partial charge in [0.05, 0.1) is 11.1 Å². The summed E-state index contributed by atoms with van der Waals surface area (Å²) in [5, 5.41) is 23.0. The minimum atomic E-state index is -1.23. The zero-order valence-corrected chi connectivity index (χ0v) is 21.8. The smallest absolute Gasteiger partial charge is 0.336 e. The first-order chi connectivity index (χ1) is 18.5. The summed E-state index contributed by atoms with van der Waals surface area (Å²) in [4.78, 5) is 35.9. The van der Waals surface area contributed by atoms with Crippen molar-refractivity contribution in [3.63, 3.8) is 0 Å². The first kappa shape index (κ1) is 29.3. The first-order valence-electron chi connectivity index (χ1n) is 12.0. The minimum absolute atomic E-state index is 0.0387. The van der Waals surface area contributed by atoms with Crippen molar-refractivity contribution in [2.24, 2.45) is 5.92 Å². The molecule has 4 N–H and O–H groups in total. The molecule has 39 heavy (non-hydrogen) atoms. The van der Waals surface area contributed by atoms with Crippen LogP contribution >= 0.6 is 12.2 Å². The highest BCUT2D eigenvalue weighted by Crippen LogP contribution is 2.23. The summed E-state index contributed by atoms with van der Waals surface area (Å²) >= 11 is 5.19. The summed E-state index contributed by atoms with van der Waals surface area (Å²) in [6.07, 6.45) is 1.72. The normalized spacial score (nSPS) is 13.5. The van der Waals surface area contributed by atoms with Crippen molar-refractivity contribution in [2.75, 3.05) is 30.8 Å². The Bertz CT molecular complexity index is 1320. The number of benzene rings is 3. The molecule has 0 radical (unpaired) electrons. The Morgan fingerprint density at radius 1 is 0.821 bits per heavy atom. The molecule has 8 nitrogen and oxygen atoms in total. The van der Waals surface area contributed by atoms with E-state index in [2.05, 4.69) is 22.6 Å². The molecule has 0 amide bonds. The molecule has 1 heterocycles. The van der Waals surface area contributed by atoms with E-state index in [0.29, 0.717) is 11.3 Å². The molecule has 3 aromatic carbocycles. The van der Waals surface area contributed by atoms with E-state index < -0.39 is 23.6 Å². The predicted octanol–water partition coefficient (Wildman–Crippen LogP) is 5.38. The van der Waals surface area contributed by atoms with Gasteiger partial charge in [-0.2, -0.15) is 0 Å². The quantitative estimate of drug-likeness (QED) is 0.235. The SMILES string of the molecule is CN1CCC(C(=O)c2cccc(NC(=S)Nc3cc(F)cc(F)c3)c2)CC1.O=C(O)c1ccccc1C(=O)O. The highest BCUT2D eigenvalue weighted by molar-refractivity contribution is 7.80. The molecule has 1 aliphatic heterocycles. The fourth-order valence-electron chi connectivity index (χ4n) is 4.03. The molecule has 0 spiro atoms. The summed E-state index contributed by atoms with van der Waals surface area (Å²) in [7, 11) is 2.06. The number of carboxylic acids is 2. The van der Waals surface area contributed by atoms with Crippen LogP contribution < -0.4 is 10.6 Å². The molecule has 3 aromatic rings. The van der Waals surface area contributed by atoms with E-state index >= 15 is 0 Å². The van der Waals surface area contributed by atoms with Crippen LogP contribution in [0.3, 0.4) is 0 Å². The van der Waals surface area contributed by atoms with Crippen LogP contribution in [-0.2, 0) is 0 Å². The van der Waals surface area contributed by atoms with E-state index in [1.807, 2.05) is 0 Å². The Morgan fingerprint density at radius 3 is 1.90 bits per heavy atom. The number of rotatable bonds is 6. The second-order valence-corrected chi connectivity index (χ2v) is 9.32. The average Bonchev–Trinajstić information content (AvgIpc) is 2.88. The van der Waals surface area contributed by atoms with Gasteiger partial charge in [0.1, 0.15) is 11.6 Å². The number of nitrogens with zero attached hydrogens (tertiary/aromatic N) is 1. The highest BCUT2D eigenvalue weighted by Gasteiger charge is 2.24. The topological polar surface area (TPSA) is 119 Å². The maximum Gasteiger partial charge on any atom is 0.336 e. The molecular formula is C28H27F2N3O5S. The predicted molar refractivity (Wildman–Crippen MR) is 148 cm³/mol. The van der Waals surface area contributed by atoms with Crippen LogP contribution in [0.25, 0.3) is 0 Å². The number of halogens is 2. The van der Waals surface area contributed by atoms with Gasteiger partial charge in [-0.3, -0.25) is 4.79 Å². The number of nitrogens with one attached hydrogen (secondary N) is 2. The number of hydrogen-bond donors (Lipinski definition) is 4. The third-order valence-corrected chi connectivity index (χ3v) is 6.21. The van der Waals surface area contributed by atoms with Crippen molar-refractivity contribution in [2.45, 2.75) is 12.8 Å². The van der Waals surface area contributed by atoms with E-state index in [-0.39, 0.29) is 33.6 Å². The number of Topliss-reactive ketones (excluding diaryl/α,β-unsaturated/α-hetero) is 1. The van der Waals surface area contributed by atoms with Gasteiger partial charge in [-0.25, -0.2) is 18.4 Å². The van der Waals surface area contributed by atoms with E-state index in [0.717, 1.165) is 44.1 Å². The lowest BCUT2D eigenvalue weighted by molar-refractivity contribution is 0.0651. The number of carbonyl (C=O) groups is 3. The molecule has 0 aliphatic carbocycles. The van der Waals surface area contributed by atoms with Gasteiger partial charge in [-0.1, -0.05) is 24.3 Å². The number of ketones is 1. The molecule has 1 fully saturated rings. The van der Waals surface area contributed by atoms with Crippen LogP contribution in [0, 0.1) is 17.6 Å². The summed E-state index contributed by atoms with van der Waals surface area (Å²) in [5.74, 6) is -3.66. The van der Waals surface area contributed by atoms with Crippen LogP contribution in [0.5, 0.6) is 0 Å². The van der Waals surface area contributed by atoms with E-state index in [4.69, 9.17) is 22.4 Å². The standard InChI is InChI=1S/C20H21F2N3OS.C8H6O4/c1-25-7-5-13(6-8-25)19(26)14-3-2-4-17(9-14)23-20(27)24-18-11-15(21)10-16(22)12-18;9-7(10)5-3-1-2-4-6(5)8(11)12/h2-4,9-13H,5-8H2,1H3,(H2,23,24,27);1-4H,(H,9,10)(H,11,12). The third kappa shape index (κ3) is 8.66. The van der Waals surface area contributed by atoms with Crippen molar-refractivity contribution in [1.82, 2.24) is 4.90 Å². The lowest BCUT2D eigenvalue weighted by Gasteiger charge is -2.28. The Kier molecular flexibility index (Phi) is 10.2. The van der Waals surface area contributed by atoms with Crippen molar-refractivity contribution in [3.8, 4) is 0 Å². The molecule has 0 saturated carbocycles. The number of carbonyl (C=O) groups excluding carboxylic acids is 1. The number of anilines is 2. The highest BCUT2D eigenvalue weighted by atomic mass is 32.1. The van der Waals surface area contributed by atoms with Crippen molar-refractivity contribution in [1.29, 1.82) is 0 Å². The summed E-state index contributed by atoms with van der Waals surface area (Å²) in [6, 6.07) is 15.7. The van der Waals surface area contributed by atoms with Crippen LogP contribution in [0.15, 0.2) is 66.7 Å². The summed E-state index contributed by atoms with van der Waals surface area (Å²) < 4.78 is 26.5. The number of aromatic carboxylic acids is 2. The first-order valence-corrected chi connectivity index (χ1v) is 12.4. The van der Waals surface area contributed by atoms with Gasteiger partial charge in [-0.15, -0.1) is 0 Å². The van der Waals surface area contributed by atoms with E-state index in [1.165, 1.54) is 24.3 Å². The third-order valence-electron chi connectivity index (χ3n) is 6.00. The number of thiocarbonyl (C=S) groups is 1. The fraction of sp³-hybridized carbons (Fsp3) is 0.214. The monoisotopic (exact) mass is 555 g/mol. The molecule has 1 aliphatic rings. The molecule has 204 valence electrons. The van der Waals surface area contributed by atoms with Crippen molar-refractivity contribution in [3.05, 3.63) is 95.1 Å². The zero-order valence-electron chi connectivity index (χ0n) is 21.0. The van der Waals surface area contributed by atoms with Crippen LogP contribution in [0.2, 0.25) is 0 Å². The average molecular weight is 556 g/mol. The lowest BCUT2D eigenvalue weighted by atomic mass is 9.89. The van der Waals surface area contributed by atoms with E-state index in [1.54, 1.807) is 24.3 Å². The van der Waals surface area contributed by atoms with Gasteiger partial charge in [0.25, 0.3) is 0 Å². The van der Waals surface area contributed by atoms with Gasteiger partial charge in [-0.05, 0) is 81.6 Å². The van der Waals surface area contributed by atoms with Crippen LogP contribution in [-0.4, -0.2) is 58.1 Å². The minimum Gasteiger partial charge on any atom is -0.478 e. The van der Waals surface area contributed by atoms with Gasteiger partial charge < -0.3 is 25.7 Å². The number of carboxylic acid groups (broad SMARTS) is 2. The summed E-state index contributed by atoms with van der Waals surface area (Å²) in [5.41, 5.74) is 1.11. The largest absolute Gasteiger partial charge is 0.478 e. The maximum absolute atomic E-state index is 13.3. The number of hydrogen-bond acceptors (Lipinski definition) is 5. The molecule has 11 heteroatoms. The van der Waals surface area contributed by atoms with Gasteiger partial charge >= 0.3 is 11.9 Å². The molecule has 0 atom stereocenters. The summed E-state index contributed by atoms with van der Waals surface area (Å²) in [6.45, 7) is 1.85. The van der Waals surface area contributed by atoms with Gasteiger partial charge in [0.15, 0.2) is 10.9 Å². The molecule has 0 aromatic heterocycles. The van der Waals surface area contributed by atoms with Crippen molar-refractivity contribution < 1.29 is 33.4 Å². The molecule has 0 bridgehead atoms. The molecule has 4 rings (SSSR count). The zero-order chi connectivity index (χ0) is 28.5. The Balaban J connectivity index is 0.000000293. The Labute approximate surface area is 229 Å². The second kappa shape index (κ2) is 13.5. The second-order valence-electron chi connectivity index (χ2n) is 8.92. The lowest BCUT2D eigenvalue weighted by Crippen LogP contribution is -2.33. The van der Waals surface area contributed by atoms with Crippen LogP contribution in [0.1, 0.15) is 43.9 Å². The molecule has 0 unspecified atom stereocenters. The maximum atomic E-state index is 13.3. The van der Waals surface area contributed by atoms with Gasteiger partial charge in [0.2, 0.25) is 0 Å². The molecular weight excluding hydrogens is 528 g/mol. The number of likely N-dealkylation sites (tertiary alicyclic amines) is 1. The van der Waals surface area contributed by atoms with Crippen LogP contribution in [0.4, 0.5) is 20.2 Å². The number of piperidine rings is 1. The Hall–Kier alpha value is -4.22. The fourth-order valence-corrected chi connectivity index (χ4v) is 4.27. The Morgan fingerprint density at radius 2 is 1.36 bits per heavy atom. The van der Waals surface area contributed by atoms with Crippen molar-refractivity contribution >= 4 is 46.4 Å². The van der Waals surface area contributed by atoms with Gasteiger partial charge in [0, 0.05) is 28.9 Å². The molecule has 1 saturated heterocycles.